The number of aromatic carboxylic acids is 1. The van der Waals surface area contributed by atoms with Crippen LogP contribution in [0.15, 0.2) is 10.5 Å². The zero-order valence-electron chi connectivity index (χ0n) is 9.86. The van der Waals surface area contributed by atoms with Gasteiger partial charge in [0.1, 0.15) is 17.1 Å². The van der Waals surface area contributed by atoms with E-state index in [1.807, 2.05) is 20.8 Å². The molecule has 1 rings (SSSR count). The summed E-state index contributed by atoms with van der Waals surface area (Å²) in [6, 6.07) is 1.45. The number of aryl methyl sites for hydroxylation is 1. The van der Waals surface area contributed by atoms with E-state index in [0.717, 1.165) is 0 Å². The Morgan fingerprint density at radius 3 is 2.44 bits per heavy atom. The first-order chi connectivity index (χ1) is 7.21. The van der Waals surface area contributed by atoms with Crippen LogP contribution in [0.1, 0.15) is 42.6 Å². The summed E-state index contributed by atoms with van der Waals surface area (Å²) in [5.74, 6) is 0.0445. The monoisotopic (exact) mass is 244 g/mol. The van der Waals surface area contributed by atoms with E-state index < -0.39 is 16.8 Å². The maximum Gasteiger partial charge on any atom is 0.339 e. The Balaban J connectivity index is 2.88. The summed E-state index contributed by atoms with van der Waals surface area (Å²) in [5.41, 5.74) is 0.140. The van der Waals surface area contributed by atoms with Crippen LogP contribution >= 0.6 is 0 Å². The molecule has 0 saturated heterocycles. The Kier molecular flexibility index (Phi) is 3.57. The van der Waals surface area contributed by atoms with E-state index in [-0.39, 0.29) is 16.1 Å². The number of furan rings is 1. The molecule has 0 radical (unpaired) electrons. The Labute approximate surface area is 97.1 Å². The van der Waals surface area contributed by atoms with Gasteiger partial charge in [0, 0.05) is 15.5 Å². The van der Waals surface area contributed by atoms with E-state index in [9.17, 15) is 9.00 Å². The first kappa shape index (κ1) is 13.0. The van der Waals surface area contributed by atoms with E-state index >= 15 is 0 Å². The lowest BCUT2D eigenvalue weighted by atomic mass is 10.2. The van der Waals surface area contributed by atoms with Gasteiger partial charge in [-0.25, -0.2) is 4.79 Å². The molecule has 1 aromatic rings. The first-order valence-corrected chi connectivity index (χ1v) is 6.25. The number of carbonyl (C=O) groups is 1. The van der Waals surface area contributed by atoms with Gasteiger partial charge in [-0.1, -0.05) is 0 Å². The lowest BCUT2D eigenvalue weighted by Crippen LogP contribution is -2.22. The van der Waals surface area contributed by atoms with E-state index in [1.54, 1.807) is 6.92 Å². The fourth-order valence-electron chi connectivity index (χ4n) is 1.17. The lowest BCUT2D eigenvalue weighted by Gasteiger charge is -2.16. The first-order valence-electron chi connectivity index (χ1n) is 4.93. The van der Waals surface area contributed by atoms with Gasteiger partial charge in [0.15, 0.2) is 0 Å². The lowest BCUT2D eigenvalue weighted by molar-refractivity contribution is 0.0695. The number of rotatable bonds is 3. The molecule has 1 aromatic heterocycles. The molecule has 0 aliphatic carbocycles. The molecule has 0 amide bonds. The molecular weight excluding hydrogens is 228 g/mol. The third-order valence-corrected chi connectivity index (χ3v) is 4.07. The number of hydrogen-bond donors (Lipinski definition) is 1. The minimum Gasteiger partial charge on any atom is -0.478 e. The molecule has 0 spiro atoms. The van der Waals surface area contributed by atoms with Crippen LogP contribution in [0.3, 0.4) is 0 Å². The summed E-state index contributed by atoms with van der Waals surface area (Å²) < 4.78 is 16.8. The molecule has 4 nitrogen and oxygen atoms in total. The predicted molar refractivity (Wildman–Crippen MR) is 62.0 cm³/mol. The summed E-state index contributed by atoms with van der Waals surface area (Å²) in [4.78, 5) is 10.8. The summed E-state index contributed by atoms with van der Waals surface area (Å²) >= 11 is 0. The van der Waals surface area contributed by atoms with Crippen molar-refractivity contribution in [2.45, 2.75) is 38.2 Å². The molecule has 16 heavy (non-hydrogen) atoms. The molecular formula is C11H16O4S. The number of carboxylic acid groups (broad SMARTS) is 1. The van der Waals surface area contributed by atoms with Gasteiger partial charge in [-0.3, -0.25) is 4.21 Å². The second-order valence-corrected chi connectivity index (χ2v) is 6.79. The van der Waals surface area contributed by atoms with Crippen molar-refractivity contribution < 1.29 is 18.5 Å². The van der Waals surface area contributed by atoms with Crippen molar-refractivity contribution in [2.75, 3.05) is 0 Å². The maximum atomic E-state index is 11.8. The van der Waals surface area contributed by atoms with E-state index in [4.69, 9.17) is 9.52 Å². The molecule has 0 aliphatic heterocycles. The Bertz CT molecular complexity index is 426. The third kappa shape index (κ3) is 2.95. The van der Waals surface area contributed by atoms with Gasteiger partial charge in [0.25, 0.3) is 0 Å². The standard InChI is InChI=1S/C11H16O4S/c1-7-9(10(12)13)5-8(15-7)6-16(14)11(2,3)4/h5H,6H2,1-4H3,(H,12,13). The van der Waals surface area contributed by atoms with E-state index in [2.05, 4.69) is 0 Å². The van der Waals surface area contributed by atoms with Crippen LogP contribution in [-0.4, -0.2) is 20.0 Å². The average molecular weight is 244 g/mol. The van der Waals surface area contributed by atoms with Crippen LogP contribution in [0.2, 0.25) is 0 Å². The normalized spacial score (nSPS) is 13.8. The van der Waals surface area contributed by atoms with E-state index in [1.165, 1.54) is 6.07 Å². The van der Waals surface area contributed by atoms with Gasteiger partial charge in [0.2, 0.25) is 0 Å². The van der Waals surface area contributed by atoms with Crippen LogP contribution in [0.25, 0.3) is 0 Å². The second-order valence-electron chi connectivity index (χ2n) is 4.59. The second kappa shape index (κ2) is 4.41. The van der Waals surface area contributed by atoms with Crippen molar-refractivity contribution in [3.63, 3.8) is 0 Å². The highest BCUT2D eigenvalue weighted by atomic mass is 32.2. The molecule has 0 aromatic carbocycles. The van der Waals surface area contributed by atoms with Crippen LogP contribution in [-0.2, 0) is 16.6 Å². The Hall–Kier alpha value is -1.10. The smallest absolute Gasteiger partial charge is 0.339 e. The largest absolute Gasteiger partial charge is 0.478 e. The zero-order valence-corrected chi connectivity index (χ0v) is 10.7. The SMILES string of the molecule is Cc1oc(CS(=O)C(C)(C)C)cc1C(=O)O. The molecule has 90 valence electrons. The molecule has 1 N–H and O–H groups in total. The maximum absolute atomic E-state index is 11.8. The van der Waals surface area contributed by atoms with Crippen LogP contribution in [0, 0.1) is 6.92 Å². The van der Waals surface area contributed by atoms with Crippen LogP contribution < -0.4 is 0 Å². The van der Waals surface area contributed by atoms with Gasteiger partial charge in [-0.2, -0.15) is 0 Å². The highest BCUT2D eigenvalue weighted by molar-refractivity contribution is 7.85. The molecule has 0 saturated carbocycles. The Morgan fingerprint density at radius 1 is 1.50 bits per heavy atom. The van der Waals surface area contributed by atoms with Crippen molar-refractivity contribution in [2.24, 2.45) is 0 Å². The van der Waals surface area contributed by atoms with Crippen molar-refractivity contribution in [1.82, 2.24) is 0 Å². The van der Waals surface area contributed by atoms with E-state index in [0.29, 0.717) is 11.5 Å². The molecule has 5 heteroatoms. The summed E-state index contributed by atoms with van der Waals surface area (Å²) in [6.07, 6.45) is 0. The quantitative estimate of drug-likeness (QED) is 0.886. The average Bonchev–Trinajstić information content (AvgIpc) is 2.45. The van der Waals surface area contributed by atoms with Crippen molar-refractivity contribution >= 4 is 16.8 Å². The molecule has 1 atom stereocenters. The van der Waals surface area contributed by atoms with Crippen molar-refractivity contribution in [3.05, 3.63) is 23.2 Å². The predicted octanol–water partition coefficient (Wildman–Crippen LogP) is 2.33. The molecule has 0 fully saturated rings. The van der Waals surface area contributed by atoms with Crippen LogP contribution in [0.5, 0.6) is 0 Å². The highest BCUT2D eigenvalue weighted by Gasteiger charge is 2.22. The van der Waals surface area contributed by atoms with Crippen LogP contribution in [0.4, 0.5) is 0 Å². The van der Waals surface area contributed by atoms with Gasteiger partial charge >= 0.3 is 5.97 Å². The van der Waals surface area contributed by atoms with Gasteiger partial charge in [-0.05, 0) is 33.8 Å². The topological polar surface area (TPSA) is 67.5 Å². The number of hydrogen-bond acceptors (Lipinski definition) is 3. The highest BCUT2D eigenvalue weighted by Crippen LogP contribution is 2.20. The fourth-order valence-corrected chi connectivity index (χ4v) is 2.01. The third-order valence-electron chi connectivity index (χ3n) is 2.16. The summed E-state index contributed by atoms with van der Waals surface area (Å²) in [5, 5.41) is 8.84. The molecule has 1 unspecified atom stereocenters. The molecule has 0 aliphatic rings. The molecule has 1 heterocycles. The van der Waals surface area contributed by atoms with Gasteiger partial charge in [-0.15, -0.1) is 0 Å². The number of carboxylic acids is 1. The fraction of sp³-hybridized carbons (Fsp3) is 0.545. The van der Waals surface area contributed by atoms with Gasteiger partial charge < -0.3 is 9.52 Å². The Morgan fingerprint density at radius 2 is 2.06 bits per heavy atom. The minimum atomic E-state index is -1.08. The summed E-state index contributed by atoms with van der Waals surface area (Å²) in [6.45, 7) is 7.21. The van der Waals surface area contributed by atoms with Crippen molar-refractivity contribution in [3.8, 4) is 0 Å². The molecule has 0 bridgehead atoms. The van der Waals surface area contributed by atoms with Gasteiger partial charge in [0.05, 0.1) is 5.75 Å². The zero-order chi connectivity index (χ0) is 12.5. The summed E-state index contributed by atoms with van der Waals surface area (Å²) in [7, 11) is -1.08. The minimum absolute atomic E-state index is 0.140. The van der Waals surface area contributed by atoms with Crippen molar-refractivity contribution in [1.29, 1.82) is 0 Å².